The lowest BCUT2D eigenvalue weighted by molar-refractivity contribution is -0.122. The number of thioether (sulfide) groups is 1. The number of hydrogen-bond acceptors (Lipinski definition) is 6. The number of nitrogens with zero attached hydrogens (tertiary/aromatic N) is 2. The number of aliphatic imine (C=N–C) groups is 1. The Labute approximate surface area is 199 Å². The molecular weight excluding hydrogens is 494 g/mol. The molecule has 0 spiro atoms. The molecule has 9 heteroatoms. The minimum Gasteiger partial charge on any atom is -0.490 e. The van der Waals surface area contributed by atoms with E-state index in [4.69, 9.17) is 15.2 Å². The third kappa shape index (κ3) is 5.92. The predicted molar refractivity (Wildman–Crippen MR) is 131 cm³/mol. The fraction of sp³-hybridized carbons (Fsp3) is 0.261. The maximum Gasteiger partial charge on any atom is 0.266 e. The maximum atomic E-state index is 13.1. The Morgan fingerprint density at radius 2 is 1.97 bits per heavy atom. The fourth-order valence-electron chi connectivity index (χ4n) is 2.99. The molecule has 0 unspecified atom stereocenters. The molecular formula is C23H24BrN3O4S. The summed E-state index contributed by atoms with van der Waals surface area (Å²) in [5.41, 5.74) is 6.73. The molecule has 0 bridgehead atoms. The Kier molecular flexibility index (Phi) is 8.35. The number of primary amides is 1. The van der Waals surface area contributed by atoms with Gasteiger partial charge in [0.2, 0.25) is 0 Å². The van der Waals surface area contributed by atoms with Gasteiger partial charge in [0.05, 0.1) is 21.7 Å². The summed E-state index contributed by atoms with van der Waals surface area (Å²) in [6.45, 7) is 4.60. The molecule has 1 aliphatic rings. The van der Waals surface area contributed by atoms with Gasteiger partial charge in [0.1, 0.15) is 0 Å². The molecule has 32 heavy (non-hydrogen) atoms. The third-order valence-corrected chi connectivity index (χ3v) is 5.90. The number of rotatable bonds is 9. The molecule has 2 aromatic carbocycles. The van der Waals surface area contributed by atoms with Crippen molar-refractivity contribution in [3.63, 3.8) is 0 Å². The average Bonchev–Trinajstić information content (AvgIpc) is 3.03. The summed E-state index contributed by atoms with van der Waals surface area (Å²) in [5, 5.41) is 0.653. The van der Waals surface area contributed by atoms with Gasteiger partial charge in [-0.2, -0.15) is 0 Å². The summed E-state index contributed by atoms with van der Waals surface area (Å²) < 4.78 is 11.8. The zero-order valence-electron chi connectivity index (χ0n) is 17.8. The molecule has 2 amide bonds. The second-order valence-corrected chi connectivity index (χ2v) is 8.68. The van der Waals surface area contributed by atoms with Crippen LogP contribution in [0.2, 0.25) is 0 Å². The number of hydrogen-bond donors (Lipinski definition) is 1. The summed E-state index contributed by atoms with van der Waals surface area (Å²) in [7, 11) is 0. The van der Waals surface area contributed by atoms with E-state index in [-0.39, 0.29) is 12.5 Å². The summed E-state index contributed by atoms with van der Waals surface area (Å²) in [4.78, 5) is 31.1. The molecule has 7 nitrogen and oxygen atoms in total. The van der Waals surface area contributed by atoms with Crippen LogP contribution in [0.25, 0.3) is 6.08 Å². The first-order chi connectivity index (χ1) is 15.4. The normalized spacial score (nSPS) is 16.1. The lowest BCUT2D eigenvalue weighted by Crippen LogP contribution is -2.29. The zero-order valence-corrected chi connectivity index (χ0v) is 20.2. The Bertz CT molecular complexity index is 1060. The molecule has 0 atom stereocenters. The van der Waals surface area contributed by atoms with Crippen molar-refractivity contribution in [2.75, 3.05) is 19.8 Å². The SMILES string of the molecule is CCCN1C(=O)/C(=C\c2cc(Br)c(OCC(N)=O)c(OCC)c2)SC1=Nc1ccccc1. The summed E-state index contributed by atoms with van der Waals surface area (Å²) in [5.74, 6) is 0.167. The molecule has 0 aromatic heterocycles. The van der Waals surface area contributed by atoms with E-state index in [9.17, 15) is 9.59 Å². The van der Waals surface area contributed by atoms with E-state index in [1.807, 2.05) is 44.2 Å². The van der Waals surface area contributed by atoms with E-state index in [0.29, 0.717) is 39.2 Å². The van der Waals surface area contributed by atoms with Crippen LogP contribution < -0.4 is 15.2 Å². The van der Waals surface area contributed by atoms with Crippen LogP contribution in [0.15, 0.2) is 56.8 Å². The highest BCUT2D eigenvalue weighted by Gasteiger charge is 2.33. The number of benzene rings is 2. The van der Waals surface area contributed by atoms with Crippen LogP contribution >= 0.6 is 27.7 Å². The number of carbonyl (C=O) groups is 2. The summed E-state index contributed by atoms with van der Waals surface area (Å²) >= 11 is 4.80. The van der Waals surface area contributed by atoms with Crippen molar-refractivity contribution < 1.29 is 19.1 Å². The smallest absolute Gasteiger partial charge is 0.266 e. The topological polar surface area (TPSA) is 94.2 Å². The number of para-hydroxylation sites is 1. The molecule has 2 aromatic rings. The van der Waals surface area contributed by atoms with Crippen molar-refractivity contribution in [1.82, 2.24) is 4.90 Å². The van der Waals surface area contributed by atoms with Gasteiger partial charge in [0.25, 0.3) is 11.8 Å². The van der Waals surface area contributed by atoms with Crippen molar-refractivity contribution in [1.29, 1.82) is 0 Å². The first-order valence-corrected chi connectivity index (χ1v) is 11.8. The summed E-state index contributed by atoms with van der Waals surface area (Å²) in [6.07, 6.45) is 2.62. The molecule has 1 heterocycles. The number of carbonyl (C=O) groups excluding carboxylic acids is 2. The van der Waals surface area contributed by atoms with Crippen LogP contribution in [0, 0.1) is 0 Å². The van der Waals surface area contributed by atoms with Gasteiger partial charge in [0.15, 0.2) is 23.3 Å². The van der Waals surface area contributed by atoms with Crippen LogP contribution in [-0.4, -0.2) is 41.6 Å². The van der Waals surface area contributed by atoms with Crippen LogP contribution in [0.1, 0.15) is 25.8 Å². The van der Waals surface area contributed by atoms with Crippen molar-refractivity contribution >= 4 is 56.4 Å². The highest BCUT2D eigenvalue weighted by Crippen LogP contribution is 2.39. The molecule has 2 N–H and O–H groups in total. The van der Waals surface area contributed by atoms with E-state index in [1.54, 1.807) is 23.1 Å². The Morgan fingerprint density at radius 3 is 2.62 bits per heavy atom. The second-order valence-electron chi connectivity index (χ2n) is 6.82. The van der Waals surface area contributed by atoms with Gasteiger partial charge in [-0.05, 0) is 76.9 Å². The van der Waals surface area contributed by atoms with Crippen molar-refractivity contribution in [3.05, 3.63) is 57.4 Å². The van der Waals surface area contributed by atoms with Gasteiger partial charge in [-0.15, -0.1) is 0 Å². The van der Waals surface area contributed by atoms with E-state index in [2.05, 4.69) is 20.9 Å². The zero-order chi connectivity index (χ0) is 23.1. The Hall–Kier alpha value is -2.78. The highest BCUT2D eigenvalue weighted by molar-refractivity contribution is 9.10. The second kappa shape index (κ2) is 11.2. The fourth-order valence-corrected chi connectivity index (χ4v) is 4.59. The van der Waals surface area contributed by atoms with Crippen LogP contribution in [0.4, 0.5) is 5.69 Å². The van der Waals surface area contributed by atoms with Gasteiger partial charge in [-0.1, -0.05) is 25.1 Å². The van der Waals surface area contributed by atoms with Crippen molar-refractivity contribution in [3.8, 4) is 11.5 Å². The minimum absolute atomic E-state index is 0.0883. The molecule has 0 aliphatic carbocycles. The molecule has 1 aliphatic heterocycles. The molecule has 3 rings (SSSR count). The number of amidine groups is 1. The highest BCUT2D eigenvalue weighted by atomic mass is 79.9. The van der Waals surface area contributed by atoms with E-state index >= 15 is 0 Å². The predicted octanol–water partition coefficient (Wildman–Crippen LogP) is 4.73. The number of halogens is 1. The van der Waals surface area contributed by atoms with Crippen LogP contribution in [-0.2, 0) is 9.59 Å². The number of amides is 2. The van der Waals surface area contributed by atoms with Crippen LogP contribution in [0.3, 0.4) is 0 Å². The van der Waals surface area contributed by atoms with E-state index in [1.165, 1.54) is 11.8 Å². The lowest BCUT2D eigenvalue weighted by Gasteiger charge is -2.14. The first kappa shape index (κ1) is 23.9. The molecule has 1 fully saturated rings. The molecule has 0 radical (unpaired) electrons. The monoisotopic (exact) mass is 517 g/mol. The largest absolute Gasteiger partial charge is 0.490 e. The average molecular weight is 518 g/mol. The van der Waals surface area contributed by atoms with Gasteiger partial charge in [0, 0.05) is 6.54 Å². The first-order valence-electron chi connectivity index (χ1n) is 10.2. The van der Waals surface area contributed by atoms with Crippen molar-refractivity contribution in [2.24, 2.45) is 10.7 Å². The van der Waals surface area contributed by atoms with Gasteiger partial charge >= 0.3 is 0 Å². The molecule has 0 saturated carbocycles. The van der Waals surface area contributed by atoms with Crippen molar-refractivity contribution in [2.45, 2.75) is 20.3 Å². The van der Waals surface area contributed by atoms with Gasteiger partial charge in [-0.25, -0.2) is 4.99 Å². The molecule has 168 valence electrons. The van der Waals surface area contributed by atoms with E-state index < -0.39 is 5.91 Å². The van der Waals surface area contributed by atoms with Gasteiger partial charge < -0.3 is 15.2 Å². The quantitative estimate of drug-likeness (QED) is 0.485. The lowest BCUT2D eigenvalue weighted by atomic mass is 10.2. The molecule has 1 saturated heterocycles. The van der Waals surface area contributed by atoms with Crippen LogP contribution in [0.5, 0.6) is 11.5 Å². The minimum atomic E-state index is -0.584. The standard InChI is InChI=1S/C23H24BrN3O4S/c1-3-10-27-22(29)19(32-23(27)26-16-8-6-5-7-9-16)13-15-11-17(24)21(31-14-20(25)28)18(12-15)30-4-2/h5-9,11-13H,3-4,10,14H2,1-2H3,(H2,25,28)/b19-13+,26-23?. The van der Waals surface area contributed by atoms with Gasteiger partial charge in [-0.3, -0.25) is 14.5 Å². The Morgan fingerprint density at radius 1 is 1.22 bits per heavy atom. The summed E-state index contributed by atoms with van der Waals surface area (Å²) in [6, 6.07) is 13.1. The number of ether oxygens (including phenoxy) is 2. The maximum absolute atomic E-state index is 13.1. The Balaban J connectivity index is 1.95. The third-order valence-electron chi connectivity index (χ3n) is 4.30. The number of nitrogens with two attached hydrogens (primary N) is 1. The van der Waals surface area contributed by atoms with E-state index in [0.717, 1.165) is 17.7 Å².